The zero-order valence-corrected chi connectivity index (χ0v) is 12.7. The second-order valence-electron chi connectivity index (χ2n) is 5.49. The van der Waals surface area contributed by atoms with Gasteiger partial charge in [0.1, 0.15) is 0 Å². The van der Waals surface area contributed by atoms with Crippen LogP contribution in [-0.2, 0) is 6.42 Å². The van der Waals surface area contributed by atoms with Crippen molar-refractivity contribution in [2.45, 2.75) is 26.3 Å². The van der Waals surface area contributed by atoms with Crippen LogP contribution in [0.5, 0.6) is 0 Å². The Kier molecular flexibility index (Phi) is 5.18. The van der Waals surface area contributed by atoms with Crippen molar-refractivity contribution in [3.8, 4) is 0 Å². The summed E-state index contributed by atoms with van der Waals surface area (Å²) in [4.78, 5) is 0. The number of hydrazine groups is 1. The molecule has 0 aliphatic carbocycles. The first-order chi connectivity index (χ1) is 9.60. The first-order valence-corrected chi connectivity index (χ1v) is 7.28. The van der Waals surface area contributed by atoms with Crippen LogP contribution in [0.4, 0.5) is 0 Å². The lowest BCUT2D eigenvalue weighted by molar-refractivity contribution is 0.628. The molecule has 3 heteroatoms. The van der Waals surface area contributed by atoms with Gasteiger partial charge in [-0.2, -0.15) is 0 Å². The van der Waals surface area contributed by atoms with Crippen LogP contribution < -0.4 is 11.3 Å². The number of nitrogens with two attached hydrogens (primary N) is 1. The summed E-state index contributed by atoms with van der Waals surface area (Å²) in [7, 11) is 0. The third kappa shape index (κ3) is 3.83. The highest BCUT2D eigenvalue weighted by Gasteiger charge is 2.12. The van der Waals surface area contributed by atoms with Crippen LogP contribution in [0.1, 0.15) is 36.6 Å². The van der Waals surface area contributed by atoms with Crippen LogP contribution in [-0.4, -0.2) is 0 Å². The molecule has 2 nitrogen and oxygen atoms in total. The molecule has 2 aromatic rings. The van der Waals surface area contributed by atoms with E-state index in [1.807, 2.05) is 24.3 Å². The van der Waals surface area contributed by atoms with E-state index >= 15 is 0 Å². The normalized spacial score (nSPS) is 12.7. The second kappa shape index (κ2) is 6.89. The third-order valence-corrected chi connectivity index (χ3v) is 3.55. The summed E-state index contributed by atoms with van der Waals surface area (Å²) in [5.74, 6) is 6.39. The molecule has 0 fully saturated rings. The lowest BCUT2D eigenvalue weighted by Crippen LogP contribution is -2.28. The van der Waals surface area contributed by atoms with Crippen molar-refractivity contribution in [1.82, 2.24) is 5.43 Å². The summed E-state index contributed by atoms with van der Waals surface area (Å²) in [6, 6.07) is 16.3. The fourth-order valence-corrected chi connectivity index (χ4v) is 2.54. The van der Waals surface area contributed by atoms with Gasteiger partial charge in [-0.15, -0.1) is 0 Å². The van der Waals surface area contributed by atoms with Crippen molar-refractivity contribution in [3.63, 3.8) is 0 Å². The van der Waals surface area contributed by atoms with E-state index in [1.165, 1.54) is 11.1 Å². The monoisotopic (exact) mass is 288 g/mol. The molecule has 0 aromatic heterocycles. The Morgan fingerprint density at radius 2 is 1.75 bits per heavy atom. The topological polar surface area (TPSA) is 38.0 Å². The number of hydrogen-bond acceptors (Lipinski definition) is 2. The molecule has 2 aromatic carbocycles. The predicted molar refractivity (Wildman–Crippen MR) is 85.6 cm³/mol. The summed E-state index contributed by atoms with van der Waals surface area (Å²) in [5, 5.41) is 0.734. The van der Waals surface area contributed by atoms with Crippen molar-refractivity contribution in [2.75, 3.05) is 0 Å². The van der Waals surface area contributed by atoms with Crippen LogP contribution in [0.2, 0.25) is 5.02 Å². The van der Waals surface area contributed by atoms with Crippen LogP contribution in [0.3, 0.4) is 0 Å². The largest absolute Gasteiger partial charge is 0.271 e. The molecule has 20 heavy (non-hydrogen) atoms. The van der Waals surface area contributed by atoms with Crippen LogP contribution in [0.15, 0.2) is 48.5 Å². The Hall–Kier alpha value is -1.35. The van der Waals surface area contributed by atoms with Gasteiger partial charge in [-0.05, 0) is 41.2 Å². The summed E-state index contributed by atoms with van der Waals surface area (Å²) in [6.07, 6.45) is 1.08. The van der Waals surface area contributed by atoms with E-state index in [0.29, 0.717) is 5.92 Å². The summed E-state index contributed by atoms with van der Waals surface area (Å²) < 4.78 is 0. The molecule has 0 amide bonds. The van der Waals surface area contributed by atoms with Gasteiger partial charge in [0.2, 0.25) is 0 Å². The highest BCUT2D eigenvalue weighted by Crippen LogP contribution is 2.24. The Bertz CT molecular complexity index is 549. The minimum atomic E-state index is -0.0145. The molecule has 0 aliphatic rings. The Morgan fingerprint density at radius 3 is 2.35 bits per heavy atom. The van der Waals surface area contributed by atoms with Gasteiger partial charge < -0.3 is 0 Å². The zero-order chi connectivity index (χ0) is 14.5. The highest BCUT2D eigenvalue weighted by molar-refractivity contribution is 6.30. The SMILES string of the molecule is CC(C)Cc1cccc(C(NN)c2ccc(Cl)cc2)c1. The van der Waals surface area contributed by atoms with Crippen molar-refractivity contribution < 1.29 is 0 Å². The maximum atomic E-state index is 5.94. The molecule has 106 valence electrons. The summed E-state index contributed by atoms with van der Waals surface area (Å²) in [6.45, 7) is 4.45. The van der Waals surface area contributed by atoms with Gasteiger partial charge in [0.05, 0.1) is 6.04 Å². The third-order valence-electron chi connectivity index (χ3n) is 3.30. The molecule has 3 N–H and O–H groups in total. The summed E-state index contributed by atoms with van der Waals surface area (Å²) in [5.41, 5.74) is 6.51. The zero-order valence-electron chi connectivity index (χ0n) is 11.9. The standard InChI is InChI=1S/C17H21ClN2/c1-12(2)10-13-4-3-5-15(11-13)17(20-19)14-6-8-16(18)9-7-14/h3-9,11-12,17,20H,10,19H2,1-2H3. The number of benzene rings is 2. The van der Waals surface area contributed by atoms with Crippen LogP contribution in [0, 0.1) is 5.92 Å². The molecule has 0 aliphatic heterocycles. The lowest BCUT2D eigenvalue weighted by Gasteiger charge is -2.18. The molecule has 2 rings (SSSR count). The van der Waals surface area contributed by atoms with E-state index in [9.17, 15) is 0 Å². The van der Waals surface area contributed by atoms with Gasteiger partial charge in [0, 0.05) is 5.02 Å². The minimum Gasteiger partial charge on any atom is -0.271 e. The van der Waals surface area contributed by atoms with Gasteiger partial charge in [0.25, 0.3) is 0 Å². The van der Waals surface area contributed by atoms with Crippen molar-refractivity contribution in [1.29, 1.82) is 0 Å². The number of rotatable bonds is 5. The molecule has 1 unspecified atom stereocenters. The number of halogens is 1. The van der Waals surface area contributed by atoms with E-state index in [4.69, 9.17) is 17.4 Å². The molecule has 1 atom stereocenters. The minimum absolute atomic E-state index is 0.0145. The number of nitrogens with one attached hydrogen (secondary N) is 1. The first-order valence-electron chi connectivity index (χ1n) is 6.90. The summed E-state index contributed by atoms with van der Waals surface area (Å²) >= 11 is 5.94. The molecule has 0 saturated carbocycles. The smallest absolute Gasteiger partial charge is 0.0710 e. The molecule has 0 spiro atoms. The van der Waals surface area contributed by atoms with E-state index in [2.05, 4.69) is 43.5 Å². The maximum Gasteiger partial charge on any atom is 0.0710 e. The van der Waals surface area contributed by atoms with Gasteiger partial charge in [0.15, 0.2) is 0 Å². The van der Waals surface area contributed by atoms with E-state index in [-0.39, 0.29) is 6.04 Å². The quantitative estimate of drug-likeness (QED) is 0.642. The van der Waals surface area contributed by atoms with E-state index in [1.54, 1.807) is 0 Å². The molecule has 0 radical (unpaired) electrons. The second-order valence-corrected chi connectivity index (χ2v) is 5.93. The molecule has 0 saturated heterocycles. The van der Waals surface area contributed by atoms with Gasteiger partial charge >= 0.3 is 0 Å². The fraction of sp³-hybridized carbons (Fsp3) is 0.294. The van der Waals surface area contributed by atoms with Crippen molar-refractivity contribution in [3.05, 3.63) is 70.2 Å². The Balaban J connectivity index is 2.29. The maximum absolute atomic E-state index is 5.94. The molecular formula is C17H21ClN2. The van der Waals surface area contributed by atoms with Gasteiger partial charge in [-0.25, -0.2) is 5.43 Å². The van der Waals surface area contributed by atoms with Crippen LogP contribution in [0.25, 0.3) is 0 Å². The highest BCUT2D eigenvalue weighted by atomic mass is 35.5. The molecule has 0 bridgehead atoms. The van der Waals surface area contributed by atoms with E-state index in [0.717, 1.165) is 17.0 Å². The molecular weight excluding hydrogens is 268 g/mol. The van der Waals surface area contributed by atoms with E-state index < -0.39 is 0 Å². The van der Waals surface area contributed by atoms with Gasteiger partial charge in [-0.3, -0.25) is 5.84 Å². The Labute approximate surface area is 125 Å². The van der Waals surface area contributed by atoms with Crippen molar-refractivity contribution >= 4 is 11.6 Å². The average molecular weight is 289 g/mol. The predicted octanol–water partition coefficient (Wildman–Crippen LogP) is 4.09. The average Bonchev–Trinajstić information content (AvgIpc) is 2.41. The molecule has 0 heterocycles. The van der Waals surface area contributed by atoms with Crippen LogP contribution >= 0.6 is 11.6 Å². The van der Waals surface area contributed by atoms with Gasteiger partial charge in [-0.1, -0.05) is 61.8 Å². The lowest BCUT2D eigenvalue weighted by atomic mass is 9.95. The first kappa shape index (κ1) is 15.0. The number of hydrogen-bond donors (Lipinski definition) is 2. The Morgan fingerprint density at radius 1 is 1.05 bits per heavy atom. The van der Waals surface area contributed by atoms with Crippen molar-refractivity contribution in [2.24, 2.45) is 11.8 Å². The fourth-order valence-electron chi connectivity index (χ4n) is 2.41.